The fourth-order valence-electron chi connectivity index (χ4n) is 1.92. The quantitative estimate of drug-likeness (QED) is 0.526. The first-order valence-electron chi connectivity index (χ1n) is 7.12. The molecule has 0 aliphatic rings. The number of nitrogens with zero attached hydrogens (tertiary/aromatic N) is 1. The third-order valence-corrected chi connectivity index (χ3v) is 3.49. The molecule has 0 saturated carbocycles. The van der Waals surface area contributed by atoms with Gasteiger partial charge in [0.05, 0.1) is 6.10 Å². The molecular formula is C16H24BrNO2. The van der Waals surface area contributed by atoms with Gasteiger partial charge in [0.1, 0.15) is 5.75 Å². The molecule has 0 heterocycles. The molecule has 1 aromatic rings. The van der Waals surface area contributed by atoms with Gasteiger partial charge in [-0.05, 0) is 44.9 Å². The number of carbonyl (C=O) groups excluding carboxylic acids is 1. The van der Waals surface area contributed by atoms with Crippen molar-refractivity contribution in [2.45, 2.75) is 39.2 Å². The van der Waals surface area contributed by atoms with Crippen LogP contribution in [0.15, 0.2) is 24.3 Å². The summed E-state index contributed by atoms with van der Waals surface area (Å²) in [5.41, 5.74) is 0.686. The zero-order valence-corrected chi connectivity index (χ0v) is 14.1. The van der Waals surface area contributed by atoms with Crippen molar-refractivity contribution in [3.63, 3.8) is 0 Å². The maximum absolute atomic E-state index is 12.3. The zero-order valence-electron chi connectivity index (χ0n) is 12.6. The van der Waals surface area contributed by atoms with Crippen LogP contribution in [0.4, 0.5) is 0 Å². The van der Waals surface area contributed by atoms with Crippen LogP contribution in [0.1, 0.15) is 43.5 Å². The average molecular weight is 342 g/mol. The first-order chi connectivity index (χ1) is 9.54. The van der Waals surface area contributed by atoms with Crippen LogP contribution in [-0.4, -0.2) is 35.8 Å². The minimum absolute atomic E-state index is 0.0537. The second-order valence-electron chi connectivity index (χ2n) is 5.17. The lowest BCUT2D eigenvalue weighted by atomic mass is 10.1. The van der Waals surface area contributed by atoms with E-state index in [9.17, 15) is 4.79 Å². The minimum Gasteiger partial charge on any atom is -0.491 e. The number of amides is 1. The number of carbonyl (C=O) groups is 1. The summed E-state index contributed by atoms with van der Waals surface area (Å²) in [6.45, 7) is 4.75. The van der Waals surface area contributed by atoms with Gasteiger partial charge in [0.25, 0.3) is 5.91 Å². The number of alkyl halides is 1. The number of hydrogen-bond donors (Lipinski definition) is 0. The molecule has 20 heavy (non-hydrogen) atoms. The van der Waals surface area contributed by atoms with Gasteiger partial charge in [-0.1, -0.05) is 28.4 Å². The average Bonchev–Trinajstić information content (AvgIpc) is 2.42. The minimum atomic E-state index is 0.0537. The maximum atomic E-state index is 12.3. The number of hydrogen-bond acceptors (Lipinski definition) is 2. The van der Waals surface area contributed by atoms with Crippen LogP contribution in [0.5, 0.6) is 5.75 Å². The summed E-state index contributed by atoms with van der Waals surface area (Å²) >= 11 is 3.42. The molecule has 0 fully saturated rings. The van der Waals surface area contributed by atoms with Crippen molar-refractivity contribution in [2.24, 2.45) is 0 Å². The van der Waals surface area contributed by atoms with Crippen LogP contribution in [0, 0.1) is 0 Å². The third-order valence-electron chi connectivity index (χ3n) is 2.93. The molecule has 0 spiro atoms. The van der Waals surface area contributed by atoms with E-state index in [1.165, 1.54) is 0 Å². The third kappa shape index (κ3) is 5.95. The van der Waals surface area contributed by atoms with Gasteiger partial charge in [-0.25, -0.2) is 0 Å². The van der Waals surface area contributed by atoms with Crippen molar-refractivity contribution in [2.75, 3.05) is 18.9 Å². The van der Waals surface area contributed by atoms with Crippen molar-refractivity contribution in [1.82, 2.24) is 4.90 Å². The summed E-state index contributed by atoms with van der Waals surface area (Å²) in [7, 11) is 1.85. The molecule has 112 valence electrons. The number of ether oxygens (including phenoxy) is 1. The van der Waals surface area contributed by atoms with Gasteiger partial charge in [-0.15, -0.1) is 0 Å². The second kappa shape index (κ2) is 9.01. The van der Waals surface area contributed by atoms with Crippen molar-refractivity contribution in [3.05, 3.63) is 29.8 Å². The molecule has 0 atom stereocenters. The summed E-state index contributed by atoms with van der Waals surface area (Å²) in [5, 5.41) is 1.03. The highest BCUT2D eigenvalue weighted by Gasteiger charge is 2.12. The Hall–Kier alpha value is -1.03. The maximum Gasteiger partial charge on any atom is 0.253 e. The molecule has 0 aromatic heterocycles. The van der Waals surface area contributed by atoms with Crippen LogP contribution >= 0.6 is 15.9 Å². The number of rotatable bonds is 8. The molecule has 1 amide bonds. The highest BCUT2D eigenvalue weighted by atomic mass is 79.9. The number of unbranched alkanes of at least 4 members (excludes halogenated alkanes) is 2. The molecule has 0 aliphatic heterocycles. The number of halogens is 1. The molecule has 0 saturated heterocycles. The summed E-state index contributed by atoms with van der Waals surface area (Å²) in [4.78, 5) is 14.1. The molecule has 3 nitrogen and oxygen atoms in total. The topological polar surface area (TPSA) is 29.5 Å². The van der Waals surface area contributed by atoms with Gasteiger partial charge >= 0.3 is 0 Å². The summed E-state index contributed by atoms with van der Waals surface area (Å²) < 4.78 is 5.62. The van der Waals surface area contributed by atoms with Crippen LogP contribution in [-0.2, 0) is 0 Å². The van der Waals surface area contributed by atoms with E-state index in [-0.39, 0.29) is 12.0 Å². The van der Waals surface area contributed by atoms with Crippen LogP contribution < -0.4 is 4.74 Å². The molecule has 4 heteroatoms. The first-order valence-corrected chi connectivity index (χ1v) is 8.25. The van der Waals surface area contributed by atoms with E-state index in [0.717, 1.165) is 36.9 Å². The first kappa shape index (κ1) is 17.0. The Bertz CT molecular complexity index is 421. The molecule has 0 N–H and O–H groups in total. The van der Waals surface area contributed by atoms with Crippen molar-refractivity contribution >= 4 is 21.8 Å². The van der Waals surface area contributed by atoms with E-state index in [0.29, 0.717) is 5.56 Å². The Labute approximate surface area is 130 Å². The smallest absolute Gasteiger partial charge is 0.253 e. The van der Waals surface area contributed by atoms with Crippen molar-refractivity contribution in [3.8, 4) is 5.75 Å². The fraction of sp³-hybridized carbons (Fsp3) is 0.562. The van der Waals surface area contributed by atoms with Crippen molar-refractivity contribution in [1.29, 1.82) is 0 Å². The van der Waals surface area contributed by atoms with Gasteiger partial charge in [0, 0.05) is 24.5 Å². The number of benzene rings is 1. The Morgan fingerprint density at radius 1 is 1.30 bits per heavy atom. The monoisotopic (exact) mass is 341 g/mol. The highest BCUT2D eigenvalue weighted by molar-refractivity contribution is 9.09. The molecule has 0 aliphatic carbocycles. The van der Waals surface area contributed by atoms with Crippen molar-refractivity contribution < 1.29 is 9.53 Å². The molecular weight excluding hydrogens is 318 g/mol. The Kier molecular flexibility index (Phi) is 7.67. The van der Waals surface area contributed by atoms with Gasteiger partial charge in [0.15, 0.2) is 0 Å². The lowest BCUT2D eigenvalue weighted by Gasteiger charge is -2.18. The van der Waals surface area contributed by atoms with Gasteiger partial charge in [0.2, 0.25) is 0 Å². The lowest BCUT2D eigenvalue weighted by molar-refractivity contribution is 0.0792. The summed E-state index contributed by atoms with van der Waals surface area (Å²) in [5.74, 6) is 0.802. The van der Waals surface area contributed by atoms with E-state index in [1.807, 2.05) is 45.2 Å². The predicted octanol–water partition coefficient (Wildman–Crippen LogP) is 4.11. The van der Waals surface area contributed by atoms with Crippen LogP contribution in [0.2, 0.25) is 0 Å². The largest absolute Gasteiger partial charge is 0.491 e. The van der Waals surface area contributed by atoms with E-state index in [4.69, 9.17) is 4.74 Å². The highest BCUT2D eigenvalue weighted by Crippen LogP contribution is 2.16. The van der Waals surface area contributed by atoms with Gasteiger partial charge in [-0.2, -0.15) is 0 Å². The Balaban J connectivity index is 2.57. The standard InChI is InChI=1S/C16H24BrNO2/c1-13(2)20-15-9-7-8-14(12-15)16(19)18(3)11-6-4-5-10-17/h7-9,12-13H,4-6,10-11H2,1-3H3. The molecule has 1 aromatic carbocycles. The van der Waals surface area contributed by atoms with E-state index in [2.05, 4.69) is 15.9 Å². The SMILES string of the molecule is CC(C)Oc1cccc(C(=O)N(C)CCCCCBr)c1. The Morgan fingerprint density at radius 2 is 2.05 bits per heavy atom. The second-order valence-corrected chi connectivity index (χ2v) is 5.96. The van der Waals surface area contributed by atoms with E-state index in [1.54, 1.807) is 4.90 Å². The van der Waals surface area contributed by atoms with Gasteiger partial charge < -0.3 is 9.64 Å². The Morgan fingerprint density at radius 3 is 2.70 bits per heavy atom. The zero-order chi connectivity index (χ0) is 15.0. The molecule has 1 rings (SSSR count). The van der Waals surface area contributed by atoms with Crippen LogP contribution in [0.25, 0.3) is 0 Å². The summed E-state index contributed by atoms with van der Waals surface area (Å²) in [6, 6.07) is 7.40. The van der Waals surface area contributed by atoms with E-state index < -0.39 is 0 Å². The molecule has 0 radical (unpaired) electrons. The molecule has 0 unspecified atom stereocenters. The molecule has 0 bridgehead atoms. The van der Waals surface area contributed by atoms with Crippen LogP contribution in [0.3, 0.4) is 0 Å². The summed E-state index contributed by atoms with van der Waals surface area (Å²) in [6.07, 6.45) is 3.44. The normalized spacial score (nSPS) is 10.7. The van der Waals surface area contributed by atoms with Gasteiger partial charge in [-0.3, -0.25) is 4.79 Å². The predicted molar refractivity (Wildman–Crippen MR) is 86.8 cm³/mol. The van der Waals surface area contributed by atoms with E-state index >= 15 is 0 Å². The lowest BCUT2D eigenvalue weighted by Crippen LogP contribution is -2.27. The fourth-order valence-corrected chi connectivity index (χ4v) is 2.31.